The number of amides is 1. The minimum Gasteiger partial charge on any atom is -0.368 e. The van der Waals surface area contributed by atoms with Crippen molar-refractivity contribution in [2.75, 3.05) is 26.2 Å². The van der Waals surface area contributed by atoms with Gasteiger partial charge in [0, 0.05) is 24.7 Å². The Bertz CT molecular complexity index is 517. The first-order valence-electron chi connectivity index (χ1n) is 8.12. The Morgan fingerprint density at radius 2 is 2.09 bits per heavy atom. The third-order valence-corrected chi connectivity index (χ3v) is 4.92. The highest BCUT2D eigenvalue weighted by atomic mass is 35.5. The lowest BCUT2D eigenvalue weighted by molar-refractivity contribution is -0.141. The molecule has 4 nitrogen and oxygen atoms in total. The second kappa shape index (κ2) is 7.44. The molecule has 1 aliphatic carbocycles. The number of hydrogen-bond donors (Lipinski definition) is 1. The van der Waals surface area contributed by atoms with E-state index in [1.165, 1.54) is 12.8 Å². The summed E-state index contributed by atoms with van der Waals surface area (Å²) in [4.78, 5) is 14.5. The highest BCUT2D eigenvalue weighted by Gasteiger charge is 2.29. The Hall–Kier alpha value is -1.10. The highest BCUT2D eigenvalue weighted by molar-refractivity contribution is 6.31. The largest absolute Gasteiger partial charge is 0.368 e. The van der Waals surface area contributed by atoms with E-state index in [9.17, 15) is 4.79 Å². The fraction of sp³-hybridized carbons (Fsp3) is 0.588. The van der Waals surface area contributed by atoms with Gasteiger partial charge in [0.05, 0.1) is 12.1 Å². The third-order valence-electron chi connectivity index (χ3n) is 4.57. The molecule has 0 spiro atoms. The van der Waals surface area contributed by atoms with Gasteiger partial charge in [-0.1, -0.05) is 42.6 Å². The Balaban J connectivity index is 1.66. The maximum Gasteiger partial charge on any atom is 0.249 e. The Morgan fingerprint density at radius 3 is 2.86 bits per heavy atom. The smallest absolute Gasteiger partial charge is 0.249 e. The minimum absolute atomic E-state index is 0.0119. The zero-order valence-corrected chi connectivity index (χ0v) is 13.5. The Kier molecular flexibility index (Phi) is 5.34. The molecule has 1 heterocycles. The summed E-state index contributed by atoms with van der Waals surface area (Å²) < 4.78 is 5.79. The Labute approximate surface area is 136 Å². The van der Waals surface area contributed by atoms with Crippen LogP contribution >= 0.6 is 11.6 Å². The molecule has 1 amide bonds. The van der Waals surface area contributed by atoms with Crippen LogP contribution in [0.15, 0.2) is 24.3 Å². The summed E-state index contributed by atoms with van der Waals surface area (Å²) in [7, 11) is 0. The molecule has 0 radical (unpaired) electrons. The lowest BCUT2D eigenvalue weighted by atomic mass is 10.0. The monoisotopic (exact) mass is 322 g/mol. The number of benzene rings is 1. The van der Waals surface area contributed by atoms with E-state index in [1.54, 1.807) is 0 Å². The van der Waals surface area contributed by atoms with E-state index in [0.29, 0.717) is 11.6 Å². The zero-order valence-electron chi connectivity index (χ0n) is 12.8. The van der Waals surface area contributed by atoms with Crippen LogP contribution in [0.4, 0.5) is 0 Å². The molecule has 2 aliphatic rings. The third kappa shape index (κ3) is 3.62. The van der Waals surface area contributed by atoms with Gasteiger partial charge in [0.25, 0.3) is 0 Å². The number of rotatable bonds is 4. The molecule has 22 heavy (non-hydrogen) atoms. The van der Waals surface area contributed by atoms with E-state index in [1.807, 2.05) is 29.2 Å². The summed E-state index contributed by atoms with van der Waals surface area (Å²) in [5.41, 5.74) is 1.01. The van der Waals surface area contributed by atoms with Gasteiger partial charge >= 0.3 is 0 Å². The predicted molar refractivity (Wildman–Crippen MR) is 87.0 cm³/mol. The normalized spacial score (nSPS) is 23.0. The van der Waals surface area contributed by atoms with Gasteiger partial charge in [-0.3, -0.25) is 4.79 Å². The Morgan fingerprint density at radius 1 is 1.32 bits per heavy atom. The number of halogens is 1. The van der Waals surface area contributed by atoms with Crippen LogP contribution in [0.25, 0.3) is 0 Å². The van der Waals surface area contributed by atoms with Crippen LogP contribution in [-0.2, 0) is 9.53 Å². The molecule has 1 saturated carbocycles. The van der Waals surface area contributed by atoms with Crippen molar-refractivity contribution < 1.29 is 9.53 Å². The molecule has 2 fully saturated rings. The average molecular weight is 323 g/mol. The number of piperazine rings is 1. The van der Waals surface area contributed by atoms with E-state index < -0.39 is 0 Å². The van der Waals surface area contributed by atoms with E-state index in [-0.39, 0.29) is 24.7 Å². The molecular formula is C17H23ClN2O2. The summed E-state index contributed by atoms with van der Waals surface area (Å²) >= 11 is 6.31. The van der Waals surface area contributed by atoms with E-state index in [0.717, 1.165) is 31.5 Å². The van der Waals surface area contributed by atoms with Crippen LogP contribution < -0.4 is 5.32 Å². The first kappa shape index (κ1) is 15.8. The number of hydrogen-bond acceptors (Lipinski definition) is 3. The second-order valence-corrected chi connectivity index (χ2v) is 6.45. The van der Waals surface area contributed by atoms with Crippen LogP contribution in [0.5, 0.6) is 0 Å². The number of nitrogens with one attached hydrogen (secondary N) is 1. The fourth-order valence-electron chi connectivity index (χ4n) is 3.35. The van der Waals surface area contributed by atoms with Crippen LogP contribution in [0.2, 0.25) is 5.02 Å². The van der Waals surface area contributed by atoms with Crippen molar-refractivity contribution in [3.8, 4) is 0 Å². The second-order valence-electron chi connectivity index (χ2n) is 6.05. The molecule has 1 atom stereocenters. The fourth-order valence-corrected chi connectivity index (χ4v) is 3.61. The number of carbonyl (C=O) groups excluding carboxylic acids is 1. The van der Waals surface area contributed by atoms with Crippen LogP contribution in [0.1, 0.15) is 37.3 Å². The minimum atomic E-state index is -0.0119. The van der Waals surface area contributed by atoms with E-state index >= 15 is 0 Å². The molecule has 1 aliphatic heterocycles. The molecule has 5 heteroatoms. The van der Waals surface area contributed by atoms with Gasteiger partial charge in [0.2, 0.25) is 5.91 Å². The highest BCUT2D eigenvalue weighted by Crippen LogP contribution is 2.29. The van der Waals surface area contributed by atoms with Crippen molar-refractivity contribution in [1.29, 1.82) is 0 Å². The number of carbonyl (C=O) groups is 1. The SMILES string of the molecule is O=C(COC1CCCC1)N1CCNCC1c1ccccc1Cl. The van der Waals surface area contributed by atoms with Gasteiger partial charge in [0.15, 0.2) is 0 Å². The molecule has 1 aromatic rings. The summed E-state index contributed by atoms with van der Waals surface area (Å²) in [6, 6.07) is 7.74. The summed E-state index contributed by atoms with van der Waals surface area (Å²) in [6.07, 6.45) is 4.88. The summed E-state index contributed by atoms with van der Waals surface area (Å²) in [6.45, 7) is 2.43. The lowest BCUT2D eigenvalue weighted by Crippen LogP contribution is -2.50. The van der Waals surface area contributed by atoms with E-state index in [4.69, 9.17) is 16.3 Å². The van der Waals surface area contributed by atoms with Gasteiger partial charge in [-0.05, 0) is 24.5 Å². The lowest BCUT2D eigenvalue weighted by Gasteiger charge is -2.37. The van der Waals surface area contributed by atoms with Gasteiger partial charge in [0.1, 0.15) is 6.61 Å². The first-order valence-corrected chi connectivity index (χ1v) is 8.49. The van der Waals surface area contributed by atoms with Gasteiger partial charge < -0.3 is 15.0 Å². The predicted octanol–water partition coefficient (Wildman–Crippen LogP) is 2.77. The molecular weight excluding hydrogens is 300 g/mol. The van der Waals surface area contributed by atoms with E-state index in [2.05, 4.69) is 5.32 Å². The molecule has 1 saturated heterocycles. The van der Waals surface area contributed by atoms with Crippen LogP contribution in [0.3, 0.4) is 0 Å². The van der Waals surface area contributed by atoms with Gasteiger partial charge in [-0.2, -0.15) is 0 Å². The maximum atomic E-state index is 12.6. The van der Waals surface area contributed by atoms with Crippen molar-refractivity contribution in [1.82, 2.24) is 10.2 Å². The van der Waals surface area contributed by atoms with Gasteiger partial charge in [-0.15, -0.1) is 0 Å². The molecule has 1 N–H and O–H groups in total. The van der Waals surface area contributed by atoms with Crippen molar-refractivity contribution in [2.45, 2.75) is 37.8 Å². The van der Waals surface area contributed by atoms with Crippen LogP contribution in [0, 0.1) is 0 Å². The van der Waals surface area contributed by atoms with Crippen molar-refractivity contribution in [3.05, 3.63) is 34.9 Å². The standard InChI is InChI=1S/C17H23ClN2O2/c18-15-8-4-3-7-14(15)16-11-19-9-10-20(16)17(21)12-22-13-5-1-2-6-13/h3-4,7-8,13,16,19H,1-2,5-6,9-12H2. The van der Waals surface area contributed by atoms with Crippen molar-refractivity contribution >= 4 is 17.5 Å². The molecule has 0 bridgehead atoms. The van der Waals surface area contributed by atoms with Crippen molar-refractivity contribution in [2.24, 2.45) is 0 Å². The summed E-state index contributed by atoms with van der Waals surface area (Å²) in [5.74, 6) is 0.0679. The number of nitrogens with zero attached hydrogens (tertiary/aromatic N) is 1. The molecule has 3 rings (SSSR count). The zero-order chi connectivity index (χ0) is 15.4. The molecule has 1 unspecified atom stereocenters. The van der Waals surface area contributed by atoms with Gasteiger partial charge in [-0.25, -0.2) is 0 Å². The molecule has 0 aromatic heterocycles. The maximum absolute atomic E-state index is 12.6. The van der Waals surface area contributed by atoms with Crippen LogP contribution in [-0.4, -0.2) is 43.2 Å². The topological polar surface area (TPSA) is 41.6 Å². The number of ether oxygens (including phenoxy) is 1. The van der Waals surface area contributed by atoms with Crippen molar-refractivity contribution in [3.63, 3.8) is 0 Å². The first-order chi connectivity index (χ1) is 10.8. The quantitative estimate of drug-likeness (QED) is 0.926. The summed E-state index contributed by atoms with van der Waals surface area (Å²) in [5, 5.41) is 4.06. The average Bonchev–Trinajstić information content (AvgIpc) is 3.06. The molecule has 120 valence electrons. The molecule has 1 aromatic carbocycles.